The van der Waals surface area contributed by atoms with Crippen LogP contribution in [0.25, 0.3) is 0 Å². The molecule has 1 unspecified atom stereocenters. The van der Waals surface area contributed by atoms with E-state index < -0.39 is 0 Å². The highest BCUT2D eigenvalue weighted by Crippen LogP contribution is 2.27. The Hall–Kier alpha value is -1.46. The predicted molar refractivity (Wildman–Crippen MR) is 65.7 cm³/mol. The fourth-order valence-electron chi connectivity index (χ4n) is 1.54. The van der Waals surface area contributed by atoms with Crippen molar-refractivity contribution in [2.24, 2.45) is 0 Å². The Bertz CT molecular complexity index is 377. The highest BCUT2D eigenvalue weighted by molar-refractivity contribution is 5.51. The summed E-state index contributed by atoms with van der Waals surface area (Å²) in [6, 6.07) is 5.72. The van der Waals surface area contributed by atoms with E-state index in [1.807, 2.05) is 25.1 Å². The van der Waals surface area contributed by atoms with Crippen LogP contribution in [0.15, 0.2) is 18.2 Å². The zero-order valence-corrected chi connectivity index (χ0v) is 9.86. The maximum absolute atomic E-state index is 9.17. The highest BCUT2D eigenvalue weighted by atomic mass is 16.5. The van der Waals surface area contributed by atoms with Crippen LogP contribution in [0.4, 0.5) is 0 Å². The van der Waals surface area contributed by atoms with Crippen molar-refractivity contribution in [2.75, 3.05) is 13.2 Å². The third kappa shape index (κ3) is 2.77. The molecule has 86 valence electrons. The molecule has 0 bridgehead atoms. The Labute approximate surface area is 97.3 Å². The SMILES string of the molecule is C#Cc1c(OCCC)cccc1C(C)CO. The first-order valence-electron chi connectivity index (χ1n) is 5.57. The molecule has 0 amide bonds. The van der Waals surface area contributed by atoms with E-state index in [1.54, 1.807) is 0 Å². The third-order valence-electron chi connectivity index (χ3n) is 2.47. The zero-order chi connectivity index (χ0) is 12.0. The number of aliphatic hydroxyl groups is 1. The molecule has 0 radical (unpaired) electrons. The van der Waals surface area contributed by atoms with Crippen LogP contribution >= 0.6 is 0 Å². The molecule has 0 spiro atoms. The van der Waals surface area contributed by atoms with Gasteiger partial charge in [-0.3, -0.25) is 0 Å². The standard InChI is InChI=1S/C14H18O2/c1-4-9-16-14-8-6-7-13(11(3)10-15)12(14)5-2/h2,6-8,11,15H,4,9-10H2,1,3H3. The molecule has 1 rings (SSSR count). The number of rotatable bonds is 5. The molecule has 1 N–H and O–H groups in total. The molecule has 16 heavy (non-hydrogen) atoms. The van der Waals surface area contributed by atoms with Gasteiger partial charge in [-0.15, -0.1) is 6.42 Å². The van der Waals surface area contributed by atoms with E-state index in [0.29, 0.717) is 6.61 Å². The number of terminal acetylenes is 1. The Morgan fingerprint density at radius 1 is 1.50 bits per heavy atom. The average molecular weight is 218 g/mol. The lowest BCUT2D eigenvalue weighted by atomic mass is 9.96. The minimum absolute atomic E-state index is 0.0382. The number of hydrogen-bond acceptors (Lipinski definition) is 2. The second-order valence-corrected chi connectivity index (χ2v) is 3.80. The van der Waals surface area contributed by atoms with Crippen molar-refractivity contribution in [2.45, 2.75) is 26.2 Å². The van der Waals surface area contributed by atoms with Gasteiger partial charge >= 0.3 is 0 Å². The first-order valence-corrected chi connectivity index (χ1v) is 5.57. The summed E-state index contributed by atoms with van der Waals surface area (Å²) in [5, 5.41) is 9.17. The summed E-state index contributed by atoms with van der Waals surface area (Å²) in [6.45, 7) is 4.74. The summed E-state index contributed by atoms with van der Waals surface area (Å²) in [6.07, 6.45) is 6.45. The van der Waals surface area contributed by atoms with Crippen LogP contribution in [0.2, 0.25) is 0 Å². The van der Waals surface area contributed by atoms with Gasteiger partial charge in [-0.05, 0) is 18.1 Å². The van der Waals surface area contributed by atoms with E-state index in [4.69, 9.17) is 16.3 Å². The van der Waals surface area contributed by atoms with Crippen LogP contribution in [0.5, 0.6) is 5.75 Å². The number of hydrogen-bond donors (Lipinski definition) is 1. The minimum atomic E-state index is 0.0382. The summed E-state index contributed by atoms with van der Waals surface area (Å²) in [4.78, 5) is 0. The van der Waals surface area contributed by atoms with Crippen LogP contribution in [0.1, 0.15) is 37.3 Å². The Morgan fingerprint density at radius 2 is 2.25 bits per heavy atom. The van der Waals surface area contributed by atoms with Crippen molar-refractivity contribution in [3.05, 3.63) is 29.3 Å². The molecule has 0 heterocycles. The fourth-order valence-corrected chi connectivity index (χ4v) is 1.54. The van der Waals surface area contributed by atoms with E-state index in [9.17, 15) is 0 Å². The largest absolute Gasteiger partial charge is 0.492 e. The first kappa shape index (κ1) is 12.6. The predicted octanol–water partition coefficient (Wildman–Crippen LogP) is 2.55. The lowest BCUT2D eigenvalue weighted by Gasteiger charge is -2.14. The van der Waals surface area contributed by atoms with Gasteiger partial charge in [0.25, 0.3) is 0 Å². The maximum atomic E-state index is 9.17. The molecule has 0 saturated heterocycles. The average Bonchev–Trinajstić information content (AvgIpc) is 2.34. The van der Waals surface area contributed by atoms with Gasteiger partial charge in [0, 0.05) is 12.5 Å². The molecule has 0 aliphatic heterocycles. The molecule has 0 aromatic heterocycles. The molecule has 2 heteroatoms. The molecule has 0 aliphatic rings. The summed E-state index contributed by atoms with van der Waals surface area (Å²) in [5.74, 6) is 3.43. The number of benzene rings is 1. The van der Waals surface area contributed by atoms with E-state index in [2.05, 4.69) is 12.8 Å². The van der Waals surface area contributed by atoms with Crippen LogP contribution in [0, 0.1) is 12.3 Å². The number of ether oxygens (including phenoxy) is 1. The van der Waals surface area contributed by atoms with Crippen molar-refractivity contribution in [1.82, 2.24) is 0 Å². The Morgan fingerprint density at radius 3 is 2.81 bits per heavy atom. The van der Waals surface area contributed by atoms with Crippen molar-refractivity contribution in [1.29, 1.82) is 0 Å². The van der Waals surface area contributed by atoms with E-state index >= 15 is 0 Å². The van der Waals surface area contributed by atoms with Crippen molar-refractivity contribution in [3.8, 4) is 18.1 Å². The van der Waals surface area contributed by atoms with Gasteiger partial charge in [0.2, 0.25) is 0 Å². The molecule has 1 atom stereocenters. The van der Waals surface area contributed by atoms with Crippen LogP contribution < -0.4 is 4.74 Å². The fraction of sp³-hybridized carbons (Fsp3) is 0.429. The minimum Gasteiger partial charge on any atom is -0.492 e. The molecular formula is C14H18O2. The van der Waals surface area contributed by atoms with Gasteiger partial charge in [-0.2, -0.15) is 0 Å². The lowest BCUT2D eigenvalue weighted by molar-refractivity contribution is 0.272. The van der Waals surface area contributed by atoms with E-state index in [-0.39, 0.29) is 12.5 Å². The van der Waals surface area contributed by atoms with Gasteiger partial charge in [-0.25, -0.2) is 0 Å². The first-order chi connectivity index (χ1) is 7.74. The Balaban J connectivity index is 3.06. The van der Waals surface area contributed by atoms with Crippen molar-refractivity contribution < 1.29 is 9.84 Å². The molecule has 2 nitrogen and oxygen atoms in total. The summed E-state index contributed by atoms with van der Waals surface area (Å²) < 4.78 is 5.59. The van der Waals surface area contributed by atoms with Crippen LogP contribution in [-0.4, -0.2) is 18.3 Å². The lowest BCUT2D eigenvalue weighted by Crippen LogP contribution is -2.04. The summed E-state index contributed by atoms with van der Waals surface area (Å²) >= 11 is 0. The van der Waals surface area contributed by atoms with Gasteiger partial charge < -0.3 is 9.84 Å². The quantitative estimate of drug-likeness (QED) is 0.770. The molecule has 0 fully saturated rings. The van der Waals surface area contributed by atoms with Crippen molar-refractivity contribution >= 4 is 0 Å². The van der Waals surface area contributed by atoms with Gasteiger partial charge in [-0.1, -0.05) is 31.9 Å². The molecule has 0 saturated carbocycles. The van der Waals surface area contributed by atoms with Crippen LogP contribution in [0.3, 0.4) is 0 Å². The Kier molecular flexibility index (Phi) is 4.88. The van der Waals surface area contributed by atoms with Crippen molar-refractivity contribution in [3.63, 3.8) is 0 Å². The number of aliphatic hydroxyl groups excluding tert-OH is 1. The summed E-state index contributed by atoms with van der Waals surface area (Å²) in [7, 11) is 0. The smallest absolute Gasteiger partial charge is 0.135 e. The normalized spacial score (nSPS) is 11.9. The van der Waals surface area contributed by atoms with E-state index in [1.165, 1.54) is 0 Å². The monoisotopic (exact) mass is 218 g/mol. The topological polar surface area (TPSA) is 29.5 Å². The molecule has 1 aromatic rings. The molecule has 1 aromatic carbocycles. The highest BCUT2D eigenvalue weighted by Gasteiger charge is 2.12. The van der Waals surface area contributed by atoms with Gasteiger partial charge in [0.05, 0.1) is 12.2 Å². The third-order valence-corrected chi connectivity index (χ3v) is 2.47. The molecular weight excluding hydrogens is 200 g/mol. The second kappa shape index (κ2) is 6.19. The summed E-state index contributed by atoms with van der Waals surface area (Å²) in [5.41, 5.74) is 1.73. The maximum Gasteiger partial charge on any atom is 0.135 e. The van der Waals surface area contributed by atoms with E-state index in [0.717, 1.165) is 23.3 Å². The second-order valence-electron chi connectivity index (χ2n) is 3.80. The van der Waals surface area contributed by atoms with Gasteiger partial charge in [0.1, 0.15) is 5.75 Å². The van der Waals surface area contributed by atoms with Gasteiger partial charge in [0.15, 0.2) is 0 Å². The van der Waals surface area contributed by atoms with Crippen LogP contribution in [-0.2, 0) is 0 Å². The zero-order valence-electron chi connectivity index (χ0n) is 9.86. The molecule has 0 aliphatic carbocycles.